The lowest BCUT2D eigenvalue weighted by molar-refractivity contribution is 0.141. The van der Waals surface area contributed by atoms with Crippen LogP contribution in [0.2, 0.25) is 0 Å². The fraction of sp³-hybridized carbons (Fsp3) is 0.667. The van der Waals surface area contributed by atoms with Gasteiger partial charge in [-0.15, -0.1) is 0 Å². The van der Waals surface area contributed by atoms with Crippen molar-refractivity contribution in [3.8, 4) is 0 Å². The van der Waals surface area contributed by atoms with Gasteiger partial charge in [0, 0.05) is 37.6 Å². The number of rotatable bonds is 7. The van der Waals surface area contributed by atoms with Gasteiger partial charge in [-0.2, -0.15) is 0 Å². The Hall–Kier alpha value is -1.22. The molecule has 2 unspecified atom stereocenters. The molecule has 2 N–H and O–H groups in total. The first-order valence-corrected chi connectivity index (χ1v) is 8.48. The normalized spacial score (nSPS) is 22.0. The van der Waals surface area contributed by atoms with E-state index in [1.54, 1.807) is 0 Å². The third-order valence-electron chi connectivity index (χ3n) is 4.87. The molecule has 0 amide bonds. The third kappa shape index (κ3) is 4.37. The minimum Gasteiger partial charge on any atom is -0.396 e. The lowest BCUT2D eigenvalue weighted by atomic mass is 9.79. The van der Waals surface area contributed by atoms with Gasteiger partial charge in [0.15, 0.2) is 0 Å². The van der Waals surface area contributed by atoms with Crippen LogP contribution in [0.4, 0.5) is 11.4 Å². The molecule has 0 spiro atoms. The summed E-state index contributed by atoms with van der Waals surface area (Å²) in [6, 6.07) is 8.73. The molecule has 0 radical (unpaired) electrons. The Morgan fingerprint density at radius 2 is 1.67 bits per heavy atom. The molecular formula is C18H30N2O. The van der Waals surface area contributed by atoms with Crippen LogP contribution in [0.5, 0.6) is 0 Å². The van der Waals surface area contributed by atoms with Gasteiger partial charge in [-0.05, 0) is 62.8 Å². The minimum atomic E-state index is 0.341. The molecule has 1 aromatic carbocycles. The topological polar surface area (TPSA) is 35.5 Å². The monoisotopic (exact) mass is 290 g/mol. The van der Waals surface area contributed by atoms with Crippen LogP contribution in [-0.2, 0) is 0 Å². The second kappa shape index (κ2) is 8.28. The van der Waals surface area contributed by atoms with Gasteiger partial charge < -0.3 is 15.3 Å². The maximum atomic E-state index is 9.48. The summed E-state index contributed by atoms with van der Waals surface area (Å²) in [7, 11) is 0. The Balaban J connectivity index is 1.88. The van der Waals surface area contributed by atoms with Crippen molar-refractivity contribution in [2.75, 3.05) is 36.5 Å². The van der Waals surface area contributed by atoms with E-state index in [2.05, 4.69) is 48.3 Å². The fourth-order valence-corrected chi connectivity index (χ4v) is 3.42. The number of hydrogen-bond acceptors (Lipinski definition) is 3. The molecule has 0 bridgehead atoms. The largest absolute Gasteiger partial charge is 0.396 e. The summed E-state index contributed by atoms with van der Waals surface area (Å²) in [6.07, 6.45) is 5.02. The highest BCUT2D eigenvalue weighted by Crippen LogP contribution is 2.30. The lowest BCUT2D eigenvalue weighted by Gasteiger charge is -2.30. The number of nitrogens with zero attached hydrogens (tertiary/aromatic N) is 1. The van der Waals surface area contributed by atoms with Crippen LogP contribution in [0.15, 0.2) is 24.3 Å². The first-order valence-electron chi connectivity index (χ1n) is 8.48. The molecule has 2 atom stereocenters. The van der Waals surface area contributed by atoms with Crippen molar-refractivity contribution in [1.29, 1.82) is 0 Å². The van der Waals surface area contributed by atoms with Crippen molar-refractivity contribution in [3.63, 3.8) is 0 Å². The van der Waals surface area contributed by atoms with Crippen LogP contribution in [0, 0.1) is 11.8 Å². The smallest absolute Gasteiger partial charge is 0.0462 e. The van der Waals surface area contributed by atoms with Crippen LogP contribution < -0.4 is 10.2 Å². The van der Waals surface area contributed by atoms with Crippen molar-refractivity contribution in [3.05, 3.63) is 24.3 Å². The summed E-state index contributed by atoms with van der Waals surface area (Å²) in [5.74, 6) is 1.10. The molecular weight excluding hydrogens is 260 g/mol. The molecule has 3 nitrogen and oxygen atoms in total. The van der Waals surface area contributed by atoms with Gasteiger partial charge in [-0.1, -0.05) is 12.8 Å². The van der Waals surface area contributed by atoms with Crippen molar-refractivity contribution >= 4 is 11.4 Å². The zero-order chi connectivity index (χ0) is 15.1. The van der Waals surface area contributed by atoms with E-state index >= 15 is 0 Å². The highest BCUT2D eigenvalue weighted by molar-refractivity contribution is 5.55. The van der Waals surface area contributed by atoms with Gasteiger partial charge in [-0.3, -0.25) is 0 Å². The van der Waals surface area contributed by atoms with E-state index in [-0.39, 0.29) is 0 Å². The Labute approximate surface area is 129 Å². The average Bonchev–Trinajstić information content (AvgIpc) is 2.55. The van der Waals surface area contributed by atoms with Crippen LogP contribution in [-0.4, -0.2) is 31.3 Å². The fourth-order valence-electron chi connectivity index (χ4n) is 3.42. The van der Waals surface area contributed by atoms with Gasteiger partial charge in [-0.25, -0.2) is 0 Å². The summed E-state index contributed by atoms with van der Waals surface area (Å²) in [6.45, 7) is 7.79. The van der Waals surface area contributed by atoms with Crippen molar-refractivity contribution in [2.24, 2.45) is 11.8 Å². The Morgan fingerprint density at radius 3 is 2.24 bits per heavy atom. The quantitative estimate of drug-likeness (QED) is 0.803. The highest BCUT2D eigenvalue weighted by atomic mass is 16.3. The Kier molecular flexibility index (Phi) is 6.37. The second-order valence-corrected chi connectivity index (χ2v) is 6.09. The summed E-state index contributed by atoms with van der Waals surface area (Å²) >= 11 is 0. The van der Waals surface area contributed by atoms with Crippen LogP contribution in [0.1, 0.15) is 39.5 Å². The van der Waals surface area contributed by atoms with Crippen LogP contribution in [0.3, 0.4) is 0 Å². The molecule has 0 saturated heterocycles. The standard InChI is InChI=1S/C18H30N2O/c1-3-20(4-2)18-11-9-17(10-12-18)19-13-15-7-5-6-8-16(15)14-21/h9-12,15-16,19,21H,3-8,13-14H2,1-2H3. The number of nitrogens with one attached hydrogen (secondary N) is 1. The van der Waals surface area contributed by atoms with E-state index in [1.165, 1.54) is 37.1 Å². The molecule has 3 heteroatoms. The molecule has 1 aliphatic rings. The first kappa shape index (κ1) is 16.2. The first-order chi connectivity index (χ1) is 10.3. The van der Waals surface area contributed by atoms with Crippen LogP contribution in [0.25, 0.3) is 0 Å². The summed E-state index contributed by atoms with van der Waals surface area (Å²) in [5.41, 5.74) is 2.48. The van der Waals surface area contributed by atoms with Gasteiger partial charge in [0.25, 0.3) is 0 Å². The van der Waals surface area contributed by atoms with E-state index in [0.717, 1.165) is 19.6 Å². The van der Waals surface area contributed by atoms with Crippen molar-refractivity contribution in [2.45, 2.75) is 39.5 Å². The number of aliphatic hydroxyl groups excluding tert-OH is 1. The molecule has 0 aliphatic heterocycles. The lowest BCUT2D eigenvalue weighted by Crippen LogP contribution is -2.28. The van der Waals surface area contributed by atoms with E-state index in [0.29, 0.717) is 18.4 Å². The third-order valence-corrected chi connectivity index (χ3v) is 4.87. The highest BCUT2D eigenvalue weighted by Gasteiger charge is 2.23. The SMILES string of the molecule is CCN(CC)c1ccc(NCC2CCCCC2CO)cc1. The average molecular weight is 290 g/mol. The predicted octanol–water partition coefficient (Wildman–Crippen LogP) is 3.74. The Bertz CT molecular complexity index is 400. The zero-order valence-corrected chi connectivity index (χ0v) is 13.5. The van der Waals surface area contributed by atoms with Gasteiger partial charge in [0.2, 0.25) is 0 Å². The maximum Gasteiger partial charge on any atom is 0.0462 e. The molecule has 1 aliphatic carbocycles. The Morgan fingerprint density at radius 1 is 1.05 bits per heavy atom. The summed E-state index contributed by atoms with van der Waals surface area (Å²) in [5, 5.41) is 13.0. The number of benzene rings is 1. The minimum absolute atomic E-state index is 0.341. The molecule has 0 aromatic heterocycles. The predicted molar refractivity (Wildman–Crippen MR) is 91.0 cm³/mol. The molecule has 1 fully saturated rings. The van der Waals surface area contributed by atoms with Gasteiger partial charge >= 0.3 is 0 Å². The maximum absolute atomic E-state index is 9.48. The molecule has 118 valence electrons. The van der Waals surface area contributed by atoms with E-state index in [1.807, 2.05) is 0 Å². The van der Waals surface area contributed by atoms with Crippen molar-refractivity contribution < 1.29 is 5.11 Å². The molecule has 0 heterocycles. The van der Waals surface area contributed by atoms with E-state index < -0.39 is 0 Å². The zero-order valence-electron chi connectivity index (χ0n) is 13.5. The van der Waals surface area contributed by atoms with Crippen molar-refractivity contribution in [1.82, 2.24) is 0 Å². The molecule has 1 aromatic rings. The molecule has 1 saturated carbocycles. The number of anilines is 2. The molecule has 21 heavy (non-hydrogen) atoms. The van der Waals surface area contributed by atoms with E-state index in [4.69, 9.17) is 0 Å². The number of aliphatic hydroxyl groups is 1. The second-order valence-electron chi connectivity index (χ2n) is 6.09. The number of hydrogen-bond donors (Lipinski definition) is 2. The van der Waals surface area contributed by atoms with Crippen LogP contribution >= 0.6 is 0 Å². The summed E-state index contributed by atoms with van der Waals surface area (Å²) < 4.78 is 0. The molecule has 2 rings (SSSR count). The summed E-state index contributed by atoms with van der Waals surface area (Å²) in [4.78, 5) is 2.35. The van der Waals surface area contributed by atoms with Gasteiger partial charge in [0.1, 0.15) is 0 Å². The van der Waals surface area contributed by atoms with E-state index in [9.17, 15) is 5.11 Å². The van der Waals surface area contributed by atoms with Gasteiger partial charge in [0.05, 0.1) is 0 Å².